The number of amidine groups is 2. The zero-order valence-corrected chi connectivity index (χ0v) is 10.2. The number of halogens is 2. The number of nitrogens with zero attached hydrogens (tertiary/aromatic N) is 2. The summed E-state index contributed by atoms with van der Waals surface area (Å²) in [6.45, 7) is 0. The molecule has 0 fully saturated rings. The van der Waals surface area contributed by atoms with Gasteiger partial charge in [0.05, 0.1) is 0 Å². The Morgan fingerprint density at radius 2 is 1.33 bits per heavy atom. The number of nitrogens with two attached hydrogens (primary N) is 2. The molecule has 0 saturated heterocycles. The lowest BCUT2D eigenvalue weighted by Gasteiger charge is -1.97. The van der Waals surface area contributed by atoms with E-state index in [-0.39, 0.29) is 36.3 Å². The summed E-state index contributed by atoms with van der Waals surface area (Å²) in [5.74, 6) is 0.164. The van der Waals surface area contributed by atoms with Crippen LogP contribution in [0, 0.1) is 0 Å². The molecule has 0 unspecified atom stereocenters. The second-order valence-electron chi connectivity index (χ2n) is 2.49. The Balaban J connectivity index is 4.70. The molecule has 9 heteroatoms. The quantitative estimate of drug-likeness (QED) is 0.410. The van der Waals surface area contributed by atoms with Gasteiger partial charge in [-0.25, -0.2) is 0 Å². The fourth-order valence-corrected chi connectivity index (χ4v) is 1.81. The lowest BCUT2D eigenvalue weighted by molar-refractivity contribution is 0.599. The molecular formula is C6H12Cl2N4O2S. The van der Waals surface area contributed by atoms with Gasteiger partial charge in [-0.1, -0.05) is 0 Å². The SMILES string of the molecule is NC(CCCl)=NS(=O)(=O)N=C(N)CCCl. The van der Waals surface area contributed by atoms with E-state index < -0.39 is 10.2 Å². The molecule has 0 rings (SSSR count). The summed E-state index contributed by atoms with van der Waals surface area (Å²) < 4.78 is 28.7. The maximum atomic E-state index is 11.2. The molecule has 0 aromatic rings. The third-order valence-electron chi connectivity index (χ3n) is 1.17. The van der Waals surface area contributed by atoms with Crippen molar-refractivity contribution in [3.05, 3.63) is 0 Å². The lowest BCUT2D eigenvalue weighted by Crippen LogP contribution is -2.17. The van der Waals surface area contributed by atoms with Crippen LogP contribution in [-0.4, -0.2) is 31.8 Å². The predicted molar refractivity (Wildman–Crippen MR) is 62.8 cm³/mol. The topological polar surface area (TPSA) is 111 Å². The van der Waals surface area contributed by atoms with E-state index >= 15 is 0 Å². The normalized spacial score (nSPS) is 14.3. The monoisotopic (exact) mass is 274 g/mol. The van der Waals surface area contributed by atoms with E-state index in [4.69, 9.17) is 34.7 Å². The molecule has 4 N–H and O–H groups in total. The van der Waals surface area contributed by atoms with Gasteiger partial charge in [-0.2, -0.15) is 8.42 Å². The van der Waals surface area contributed by atoms with E-state index in [0.29, 0.717) is 0 Å². The van der Waals surface area contributed by atoms with Gasteiger partial charge in [0.1, 0.15) is 11.7 Å². The Bertz CT molecular complexity index is 324. The van der Waals surface area contributed by atoms with Crippen LogP contribution in [-0.2, 0) is 10.2 Å². The van der Waals surface area contributed by atoms with Crippen molar-refractivity contribution in [2.75, 3.05) is 11.8 Å². The maximum Gasteiger partial charge on any atom is 0.366 e. The first-order valence-corrected chi connectivity index (χ1v) is 6.43. The molecule has 6 nitrogen and oxygen atoms in total. The van der Waals surface area contributed by atoms with Crippen molar-refractivity contribution < 1.29 is 8.42 Å². The molecule has 0 aliphatic rings. The fraction of sp³-hybridized carbons (Fsp3) is 0.667. The summed E-state index contributed by atoms with van der Waals surface area (Å²) in [6, 6.07) is 0. The lowest BCUT2D eigenvalue weighted by atomic mass is 10.5. The largest absolute Gasteiger partial charge is 0.386 e. The van der Waals surface area contributed by atoms with E-state index in [9.17, 15) is 8.42 Å². The number of rotatable bonds is 6. The summed E-state index contributed by atoms with van der Waals surface area (Å²) in [6.07, 6.45) is 0.345. The van der Waals surface area contributed by atoms with E-state index in [2.05, 4.69) is 8.80 Å². The second-order valence-corrected chi connectivity index (χ2v) is 4.51. The van der Waals surface area contributed by atoms with Gasteiger partial charge >= 0.3 is 10.2 Å². The molecule has 0 spiro atoms. The van der Waals surface area contributed by atoms with E-state index in [0.717, 1.165) is 0 Å². The number of hydrogen-bond acceptors (Lipinski definition) is 2. The maximum absolute atomic E-state index is 11.2. The molecule has 0 aliphatic carbocycles. The van der Waals surface area contributed by atoms with Gasteiger partial charge in [0.2, 0.25) is 0 Å². The summed E-state index contributed by atoms with van der Waals surface area (Å²) >= 11 is 10.7. The average Bonchev–Trinajstić information content (AvgIpc) is 2.01. The van der Waals surface area contributed by atoms with Gasteiger partial charge in [0, 0.05) is 24.6 Å². The highest BCUT2D eigenvalue weighted by atomic mass is 35.5. The summed E-state index contributed by atoms with van der Waals surface area (Å²) in [7, 11) is -4.02. The summed E-state index contributed by atoms with van der Waals surface area (Å²) in [4.78, 5) is 0. The van der Waals surface area contributed by atoms with Crippen LogP contribution in [0.5, 0.6) is 0 Å². The van der Waals surface area contributed by atoms with Gasteiger partial charge in [-0.3, -0.25) is 0 Å². The zero-order chi connectivity index (χ0) is 11.9. The Morgan fingerprint density at radius 3 is 1.60 bits per heavy atom. The summed E-state index contributed by atoms with van der Waals surface area (Å²) in [5.41, 5.74) is 10.5. The fourth-order valence-electron chi connectivity index (χ4n) is 0.602. The third-order valence-corrected chi connectivity index (χ3v) is 2.47. The molecule has 0 aromatic heterocycles. The van der Waals surface area contributed by atoms with E-state index in [1.165, 1.54) is 0 Å². The van der Waals surface area contributed by atoms with Gasteiger partial charge in [-0.15, -0.1) is 32.0 Å². The Morgan fingerprint density at radius 1 is 1.00 bits per heavy atom. The first kappa shape index (κ1) is 14.5. The smallest absolute Gasteiger partial charge is 0.366 e. The van der Waals surface area contributed by atoms with Gasteiger partial charge in [0.15, 0.2) is 0 Å². The minimum absolute atomic E-state index is 0.104. The molecule has 0 saturated carbocycles. The first-order chi connectivity index (χ1) is 6.91. The number of hydrogen-bond donors (Lipinski definition) is 2. The second kappa shape index (κ2) is 6.86. The molecular weight excluding hydrogens is 263 g/mol. The molecule has 0 radical (unpaired) electrons. The molecule has 15 heavy (non-hydrogen) atoms. The van der Waals surface area contributed by atoms with Crippen LogP contribution >= 0.6 is 23.2 Å². The molecule has 0 aliphatic heterocycles. The van der Waals surface area contributed by atoms with Gasteiger partial charge in [-0.05, 0) is 0 Å². The van der Waals surface area contributed by atoms with Crippen molar-refractivity contribution in [1.29, 1.82) is 0 Å². The highest BCUT2D eigenvalue weighted by Crippen LogP contribution is 1.98. The van der Waals surface area contributed by atoms with Crippen LogP contribution in [0.4, 0.5) is 0 Å². The van der Waals surface area contributed by atoms with Crippen molar-refractivity contribution in [2.24, 2.45) is 20.3 Å². The van der Waals surface area contributed by atoms with Crippen molar-refractivity contribution in [3.63, 3.8) is 0 Å². The molecule has 0 atom stereocenters. The average molecular weight is 275 g/mol. The van der Waals surface area contributed by atoms with Crippen LogP contribution in [0.25, 0.3) is 0 Å². The van der Waals surface area contributed by atoms with Crippen LogP contribution < -0.4 is 11.5 Å². The molecule has 0 heterocycles. The summed E-state index contributed by atoms with van der Waals surface area (Å²) in [5, 5.41) is 0. The molecule has 88 valence electrons. The van der Waals surface area contributed by atoms with Crippen molar-refractivity contribution >= 4 is 45.1 Å². The van der Waals surface area contributed by atoms with E-state index in [1.807, 2.05) is 0 Å². The van der Waals surface area contributed by atoms with Crippen LogP contribution in [0.3, 0.4) is 0 Å². The third kappa shape index (κ3) is 7.40. The standard InChI is InChI=1S/C6H12Cl2N4O2S/c7-3-1-5(9)11-15(13,14)12-6(10)2-4-8/h1-4H2,(H2,9,11)(H2,10,12). The highest BCUT2D eigenvalue weighted by Gasteiger charge is 2.07. The minimum Gasteiger partial charge on any atom is -0.386 e. The van der Waals surface area contributed by atoms with Crippen molar-refractivity contribution in [1.82, 2.24) is 0 Å². The predicted octanol–water partition coefficient (Wildman–Crippen LogP) is 0.203. The Labute approximate surface area is 98.5 Å². The molecule has 0 amide bonds. The van der Waals surface area contributed by atoms with Crippen molar-refractivity contribution in [3.8, 4) is 0 Å². The molecule has 0 aromatic carbocycles. The van der Waals surface area contributed by atoms with Crippen molar-refractivity contribution in [2.45, 2.75) is 12.8 Å². The van der Waals surface area contributed by atoms with Crippen LogP contribution in [0.15, 0.2) is 8.80 Å². The first-order valence-electron chi connectivity index (χ1n) is 3.96. The zero-order valence-electron chi connectivity index (χ0n) is 7.86. The van der Waals surface area contributed by atoms with Gasteiger partial charge in [0.25, 0.3) is 0 Å². The molecule has 0 bridgehead atoms. The number of alkyl halides is 2. The highest BCUT2D eigenvalue weighted by molar-refractivity contribution is 7.89. The minimum atomic E-state index is -4.02. The Kier molecular flexibility index (Phi) is 6.62. The van der Waals surface area contributed by atoms with Crippen LogP contribution in [0.1, 0.15) is 12.8 Å². The van der Waals surface area contributed by atoms with E-state index in [1.54, 1.807) is 0 Å². The van der Waals surface area contributed by atoms with Crippen LogP contribution in [0.2, 0.25) is 0 Å². The Hall–Kier alpha value is -0.530. The van der Waals surface area contributed by atoms with Gasteiger partial charge < -0.3 is 11.5 Å².